The third-order valence-electron chi connectivity index (χ3n) is 5.55. The van der Waals surface area contributed by atoms with Crippen LogP contribution in [-0.4, -0.2) is 41.8 Å². The van der Waals surface area contributed by atoms with E-state index in [-0.39, 0.29) is 5.41 Å². The summed E-state index contributed by atoms with van der Waals surface area (Å²) in [4.78, 5) is 17.9. The van der Waals surface area contributed by atoms with E-state index >= 15 is 0 Å². The summed E-state index contributed by atoms with van der Waals surface area (Å²) in [6, 6.07) is 6.60. The molecule has 134 valence electrons. The second kappa shape index (κ2) is 5.92. The molecule has 5 rings (SSSR count). The summed E-state index contributed by atoms with van der Waals surface area (Å²) in [6.45, 7) is 2.54. The molecular weight excluding hydrogens is 396 g/mol. The van der Waals surface area contributed by atoms with Gasteiger partial charge in [0.05, 0.1) is 18.6 Å². The van der Waals surface area contributed by atoms with Crippen LogP contribution >= 0.6 is 15.9 Å². The number of hydrogen-bond acceptors (Lipinski definition) is 5. The summed E-state index contributed by atoms with van der Waals surface area (Å²) in [5.74, 6) is 1.68. The van der Waals surface area contributed by atoms with E-state index in [0.717, 1.165) is 48.4 Å². The molecule has 26 heavy (non-hydrogen) atoms. The predicted octanol–water partition coefficient (Wildman–Crippen LogP) is 2.78. The van der Waals surface area contributed by atoms with Crippen LogP contribution in [-0.2, 0) is 10.2 Å². The number of ether oxygens (including phenoxy) is 1. The number of rotatable bonds is 2. The molecular formula is C18H20BrN6O+. The van der Waals surface area contributed by atoms with E-state index < -0.39 is 0 Å². The van der Waals surface area contributed by atoms with Crippen molar-refractivity contribution in [3.05, 3.63) is 34.6 Å². The molecule has 0 radical (unpaired) electrons. The van der Waals surface area contributed by atoms with E-state index in [9.17, 15) is 0 Å². The van der Waals surface area contributed by atoms with Crippen molar-refractivity contribution in [1.82, 2.24) is 15.0 Å². The molecule has 4 heterocycles. The van der Waals surface area contributed by atoms with Crippen LogP contribution in [0.25, 0.3) is 11.2 Å². The van der Waals surface area contributed by atoms with Crippen molar-refractivity contribution in [3.8, 4) is 0 Å². The van der Waals surface area contributed by atoms with E-state index in [0.29, 0.717) is 11.6 Å². The molecule has 1 spiro atoms. The largest absolute Gasteiger partial charge is 0.381 e. The van der Waals surface area contributed by atoms with Crippen molar-refractivity contribution in [3.63, 3.8) is 0 Å². The van der Waals surface area contributed by atoms with Crippen LogP contribution in [0.15, 0.2) is 29.0 Å². The summed E-state index contributed by atoms with van der Waals surface area (Å²) in [5.41, 5.74) is 4.36. The molecule has 7 nitrogen and oxygen atoms in total. The molecule has 0 unspecified atom stereocenters. The lowest BCUT2D eigenvalue weighted by Crippen LogP contribution is -2.38. The Bertz CT molecular complexity index is 981. The Morgan fingerprint density at radius 3 is 3.00 bits per heavy atom. The molecule has 3 aromatic rings. The number of fused-ring (bicyclic) bond motifs is 3. The van der Waals surface area contributed by atoms with Gasteiger partial charge in [0.1, 0.15) is 0 Å². The van der Waals surface area contributed by atoms with Crippen LogP contribution in [0.2, 0.25) is 0 Å². The van der Waals surface area contributed by atoms with Crippen LogP contribution in [0, 0.1) is 0 Å². The molecule has 2 aromatic heterocycles. The summed E-state index contributed by atoms with van der Waals surface area (Å²) < 4.78 is 6.74. The Hall–Kier alpha value is -2.19. The number of halogens is 1. The first-order chi connectivity index (χ1) is 12.7. The molecule has 0 saturated carbocycles. The van der Waals surface area contributed by atoms with Gasteiger partial charge in [0.25, 0.3) is 0 Å². The third-order valence-corrected chi connectivity index (χ3v) is 6.04. The maximum atomic E-state index is 5.66. The quantitative estimate of drug-likeness (QED) is 0.672. The Morgan fingerprint density at radius 2 is 2.19 bits per heavy atom. The summed E-state index contributed by atoms with van der Waals surface area (Å²) in [5, 5.41) is 3.10. The molecule has 0 aliphatic carbocycles. The van der Waals surface area contributed by atoms with Gasteiger partial charge in [-0.1, -0.05) is 27.0 Å². The zero-order valence-corrected chi connectivity index (χ0v) is 16.1. The van der Waals surface area contributed by atoms with Crippen molar-refractivity contribution >= 4 is 44.5 Å². The molecule has 1 saturated heterocycles. The number of nitrogens with one attached hydrogen (secondary N) is 3. The Labute approximate surface area is 159 Å². The van der Waals surface area contributed by atoms with E-state index in [2.05, 4.69) is 64.3 Å². The number of aromatic amines is 2. The van der Waals surface area contributed by atoms with Crippen molar-refractivity contribution in [2.24, 2.45) is 0 Å². The average Bonchev–Trinajstić information content (AvgIpc) is 3.25. The predicted molar refractivity (Wildman–Crippen MR) is 103 cm³/mol. The highest BCUT2D eigenvalue weighted by Gasteiger charge is 2.47. The van der Waals surface area contributed by atoms with Gasteiger partial charge in [-0.25, -0.2) is 9.97 Å². The number of anilines is 3. The lowest BCUT2D eigenvalue weighted by atomic mass is 9.76. The van der Waals surface area contributed by atoms with Gasteiger partial charge in [0.15, 0.2) is 5.52 Å². The van der Waals surface area contributed by atoms with Gasteiger partial charge in [-0.15, -0.1) is 0 Å². The van der Waals surface area contributed by atoms with Crippen molar-refractivity contribution in [2.75, 3.05) is 37.0 Å². The van der Waals surface area contributed by atoms with Gasteiger partial charge < -0.3 is 9.72 Å². The van der Waals surface area contributed by atoms with Crippen LogP contribution in [0.5, 0.6) is 0 Å². The molecule has 1 aromatic carbocycles. The third kappa shape index (κ3) is 2.32. The average molecular weight is 416 g/mol. The fourth-order valence-corrected chi connectivity index (χ4v) is 4.56. The zero-order valence-electron chi connectivity index (χ0n) is 14.5. The van der Waals surface area contributed by atoms with E-state index in [1.165, 1.54) is 11.3 Å². The van der Waals surface area contributed by atoms with Crippen LogP contribution in [0.4, 0.5) is 17.5 Å². The van der Waals surface area contributed by atoms with Crippen molar-refractivity contribution < 1.29 is 9.72 Å². The van der Waals surface area contributed by atoms with Gasteiger partial charge in [-0.05, 0) is 30.5 Å². The maximum Gasteiger partial charge on any atom is 0.346 e. The van der Waals surface area contributed by atoms with Gasteiger partial charge in [0, 0.05) is 30.1 Å². The molecule has 3 N–H and O–H groups in total. The summed E-state index contributed by atoms with van der Waals surface area (Å²) in [7, 11) is 1.86. The van der Waals surface area contributed by atoms with Gasteiger partial charge in [-0.3, -0.25) is 10.2 Å². The Balaban J connectivity index is 1.71. The zero-order chi connectivity index (χ0) is 17.7. The number of nitrogens with zero attached hydrogens (tertiary/aromatic N) is 3. The first-order valence-electron chi connectivity index (χ1n) is 8.80. The number of hydrogen-bond donors (Lipinski definition) is 2. The highest BCUT2D eigenvalue weighted by atomic mass is 79.9. The Morgan fingerprint density at radius 1 is 1.35 bits per heavy atom. The first-order valence-corrected chi connectivity index (χ1v) is 9.59. The highest BCUT2D eigenvalue weighted by molar-refractivity contribution is 9.10. The lowest BCUT2D eigenvalue weighted by molar-refractivity contribution is -0.348. The van der Waals surface area contributed by atoms with E-state index in [1.54, 1.807) is 6.33 Å². The van der Waals surface area contributed by atoms with Crippen LogP contribution in [0.1, 0.15) is 18.4 Å². The summed E-state index contributed by atoms with van der Waals surface area (Å²) >= 11 is 3.64. The van der Waals surface area contributed by atoms with Gasteiger partial charge >= 0.3 is 5.95 Å². The molecule has 2 aliphatic rings. The molecule has 0 amide bonds. The van der Waals surface area contributed by atoms with E-state index in [1.807, 2.05) is 7.05 Å². The van der Waals surface area contributed by atoms with Gasteiger partial charge in [-0.2, -0.15) is 0 Å². The Kier molecular flexibility index (Phi) is 3.65. The monoisotopic (exact) mass is 415 g/mol. The standard InChI is InChI=1S/C18H19BrN6O/c1-20-17-23-15-14(21-10-22-15)16(24-17)25-9-18(4-6-26-7-5-18)12-3-2-11(19)8-13(12)25/h2-3,8,10H,4-7,9H2,1H3,(H2,20,21,22,23,24)/p+1. The first kappa shape index (κ1) is 16.0. The number of H-pyrrole nitrogens is 2. The second-order valence-corrected chi connectivity index (χ2v) is 7.84. The maximum absolute atomic E-state index is 5.66. The van der Waals surface area contributed by atoms with Crippen LogP contribution in [0.3, 0.4) is 0 Å². The smallest absolute Gasteiger partial charge is 0.346 e. The van der Waals surface area contributed by atoms with E-state index in [4.69, 9.17) is 4.74 Å². The summed E-state index contributed by atoms with van der Waals surface area (Å²) in [6.07, 6.45) is 3.76. The van der Waals surface area contributed by atoms with Gasteiger partial charge in [0.2, 0.25) is 11.5 Å². The molecule has 8 heteroatoms. The second-order valence-electron chi connectivity index (χ2n) is 6.93. The number of benzene rings is 1. The fourth-order valence-electron chi connectivity index (χ4n) is 4.21. The molecule has 2 aliphatic heterocycles. The van der Waals surface area contributed by atoms with Crippen molar-refractivity contribution in [1.29, 1.82) is 0 Å². The van der Waals surface area contributed by atoms with Crippen LogP contribution < -0.4 is 15.2 Å². The molecule has 1 fully saturated rings. The number of imidazole rings is 1. The topological polar surface area (TPSA) is 80.2 Å². The minimum Gasteiger partial charge on any atom is -0.381 e. The normalized spacial score (nSPS) is 18.5. The fraction of sp³-hybridized carbons (Fsp3) is 0.389. The number of aromatic nitrogens is 4. The van der Waals surface area contributed by atoms with Crippen molar-refractivity contribution in [2.45, 2.75) is 18.3 Å². The minimum absolute atomic E-state index is 0.123. The molecule has 0 bridgehead atoms. The SMILES string of the molecule is CNc1nc2nc[nH]c2c(N2CC3(CCOCC3)c3ccc(Br)cc32)[nH+]1. The minimum atomic E-state index is 0.123. The molecule has 0 atom stereocenters. The highest BCUT2D eigenvalue weighted by Crippen LogP contribution is 2.50. The lowest BCUT2D eigenvalue weighted by Gasteiger charge is -2.33.